The van der Waals surface area contributed by atoms with Crippen LogP contribution in [0.3, 0.4) is 0 Å². The lowest BCUT2D eigenvalue weighted by molar-refractivity contribution is -0.130. The molecule has 0 saturated carbocycles. The summed E-state index contributed by atoms with van der Waals surface area (Å²) in [6.07, 6.45) is -0.420. The van der Waals surface area contributed by atoms with Gasteiger partial charge in [0.25, 0.3) is 0 Å². The van der Waals surface area contributed by atoms with Crippen molar-refractivity contribution in [3.05, 3.63) is 15.6 Å². The second-order valence-corrected chi connectivity index (χ2v) is 5.03. The molecule has 1 rings (SSSR count). The molecule has 4 nitrogen and oxygen atoms in total. The van der Waals surface area contributed by atoms with Gasteiger partial charge in [0.1, 0.15) is 6.10 Å². The van der Waals surface area contributed by atoms with Crippen LogP contribution in [0.2, 0.25) is 0 Å². The Balaban J connectivity index is 2.69. The Morgan fingerprint density at radius 3 is 2.50 bits per heavy atom. The quantitative estimate of drug-likeness (QED) is 0.878. The minimum atomic E-state index is -0.420. The Bertz CT molecular complexity index is 376. The van der Waals surface area contributed by atoms with Gasteiger partial charge >= 0.3 is 0 Å². The lowest BCUT2D eigenvalue weighted by atomic mass is 10.2. The second-order valence-electron chi connectivity index (χ2n) is 3.79. The summed E-state index contributed by atoms with van der Waals surface area (Å²) in [4.78, 5) is 17.1. The third-order valence-electron chi connectivity index (χ3n) is 2.41. The zero-order valence-electron chi connectivity index (χ0n) is 10.3. The van der Waals surface area contributed by atoms with E-state index in [1.54, 1.807) is 18.3 Å². The molecule has 2 unspecified atom stereocenters. The number of methoxy groups -OCH3 is 1. The van der Waals surface area contributed by atoms with Crippen LogP contribution >= 0.6 is 11.3 Å². The summed E-state index contributed by atoms with van der Waals surface area (Å²) in [6, 6.07) is -0.0173. The highest BCUT2D eigenvalue weighted by atomic mass is 32.1. The van der Waals surface area contributed by atoms with Gasteiger partial charge in [-0.05, 0) is 27.7 Å². The van der Waals surface area contributed by atoms with Crippen molar-refractivity contribution < 1.29 is 9.53 Å². The molecule has 0 radical (unpaired) electrons. The molecule has 0 fully saturated rings. The Labute approximate surface area is 100 Å². The van der Waals surface area contributed by atoms with Crippen molar-refractivity contribution in [2.24, 2.45) is 0 Å². The molecule has 1 amide bonds. The fraction of sp³-hybridized carbons (Fsp3) is 0.636. The number of nitrogens with zero attached hydrogens (tertiary/aromatic N) is 1. The first-order chi connectivity index (χ1) is 7.45. The molecule has 1 N–H and O–H groups in total. The summed E-state index contributed by atoms with van der Waals surface area (Å²) in [5, 5.41) is 3.93. The topological polar surface area (TPSA) is 51.2 Å². The van der Waals surface area contributed by atoms with Gasteiger partial charge in [0.05, 0.1) is 16.7 Å². The highest BCUT2D eigenvalue weighted by Crippen LogP contribution is 2.24. The first kappa shape index (κ1) is 13.1. The van der Waals surface area contributed by atoms with E-state index in [9.17, 15) is 4.79 Å². The van der Waals surface area contributed by atoms with E-state index in [-0.39, 0.29) is 11.9 Å². The second kappa shape index (κ2) is 5.41. The number of hydrogen-bond acceptors (Lipinski definition) is 4. The van der Waals surface area contributed by atoms with Crippen LogP contribution in [0.25, 0.3) is 0 Å². The third kappa shape index (κ3) is 3.02. The van der Waals surface area contributed by atoms with Gasteiger partial charge in [0, 0.05) is 12.0 Å². The molecule has 0 aliphatic heterocycles. The van der Waals surface area contributed by atoms with E-state index < -0.39 is 6.10 Å². The van der Waals surface area contributed by atoms with E-state index in [0.29, 0.717) is 0 Å². The Hall–Kier alpha value is -0.940. The molecule has 16 heavy (non-hydrogen) atoms. The van der Waals surface area contributed by atoms with Gasteiger partial charge < -0.3 is 10.1 Å². The molecule has 0 spiro atoms. The van der Waals surface area contributed by atoms with Gasteiger partial charge in [-0.2, -0.15) is 0 Å². The molecule has 2 atom stereocenters. The zero-order valence-corrected chi connectivity index (χ0v) is 11.1. The van der Waals surface area contributed by atoms with Gasteiger partial charge in [-0.3, -0.25) is 4.79 Å². The number of amides is 1. The molecule has 1 aromatic rings. The molecular weight excluding hydrogens is 224 g/mol. The number of rotatable bonds is 4. The summed E-state index contributed by atoms with van der Waals surface area (Å²) in [5.74, 6) is -0.0968. The van der Waals surface area contributed by atoms with Gasteiger partial charge in [-0.15, -0.1) is 11.3 Å². The maximum Gasteiger partial charge on any atom is 0.249 e. The fourth-order valence-corrected chi connectivity index (χ4v) is 2.38. The number of ether oxygens (including phenoxy) is 1. The Kier molecular flexibility index (Phi) is 4.44. The van der Waals surface area contributed by atoms with Crippen molar-refractivity contribution in [3.63, 3.8) is 0 Å². The molecule has 90 valence electrons. The van der Waals surface area contributed by atoms with Crippen molar-refractivity contribution in [2.75, 3.05) is 7.11 Å². The molecule has 0 aliphatic rings. The average molecular weight is 242 g/mol. The number of aryl methyl sites for hydroxylation is 2. The number of thiazole rings is 1. The highest BCUT2D eigenvalue weighted by Gasteiger charge is 2.18. The van der Waals surface area contributed by atoms with Crippen LogP contribution in [0.15, 0.2) is 0 Å². The van der Waals surface area contributed by atoms with E-state index in [1.807, 2.05) is 20.8 Å². The van der Waals surface area contributed by atoms with E-state index >= 15 is 0 Å². The number of carbonyl (C=O) groups is 1. The van der Waals surface area contributed by atoms with Gasteiger partial charge in [-0.25, -0.2) is 4.98 Å². The van der Waals surface area contributed by atoms with Crippen LogP contribution in [-0.4, -0.2) is 24.1 Å². The summed E-state index contributed by atoms with van der Waals surface area (Å²) < 4.78 is 4.96. The zero-order chi connectivity index (χ0) is 12.3. The molecule has 0 bridgehead atoms. The van der Waals surface area contributed by atoms with Crippen LogP contribution in [0, 0.1) is 13.8 Å². The van der Waals surface area contributed by atoms with Gasteiger partial charge in [-0.1, -0.05) is 0 Å². The smallest absolute Gasteiger partial charge is 0.249 e. The standard InChI is InChI=1S/C11H18N2O2S/c1-6-10(16-9(4)12-6)7(2)13-11(14)8(3)15-5/h7-8H,1-5H3,(H,13,14). The molecule has 1 aromatic heterocycles. The first-order valence-corrected chi connectivity index (χ1v) is 6.04. The monoisotopic (exact) mass is 242 g/mol. The predicted octanol–water partition coefficient (Wildman–Crippen LogP) is 1.97. The summed E-state index contributed by atoms with van der Waals surface area (Å²) in [7, 11) is 1.52. The number of hydrogen-bond donors (Lipinski definition) is 1. The number of aromatic nitrogens is 1. The van der Waals surface area contributed by atoms with Crippen LogP contribution in [0.5, 0.6) is 0 Å². The summed E-state index contributed by atoms with van der Waals surface area (Å²) in [6.45, 7) is 7.61. The van der Waals surface area contributed by atoms with Gasteiger partial charge in [0.15, 0.2) is 0 Å². The minimum Gasteiger partial charge on any atom is -0.372 e. The van der Waals surface area contributed by atoms with Crippen molar-refractivity contribution in [1.29, 1.82) is 0 Å². The average Bonchev–Trinajstić information content (AvgIpc) is 2.56. The lowest BCUT2D eigenvalue weighted by Gasteiger charge is -2.15. The van der Waals surface area contributed by atoms with E-state index in [4.69, 9.17) is 4.74 Å². The fourth-order valence-electron chi connectivity index (χ4n) is 1.45. The van der Waals surface area contributed by atoms with Crippen LogP contribution < -0.4 is 5.32 Å². The largest absolute Gasteiger partial charge is 0.372 e. The summed E-state index contributed by atoms with van der Waals surface area (Å²) in [5.41, 5.74) is 0.986. The van der Waals surface area contributed by atoms with Crippen LogP contribution in [-0.2, 0) is 9.53 Å². The normalized spacial score (nSPS) is 14.6. The Morgan fingerprint density at radius 2 is 2.06 bits per heavy atom. The van der Waals surface area contributed by atoms with Crippen molar-refractivity contribution in [2.45, 2.75) is 39.8 Å². The molecule has 5 heteroatoms. The SMILES string of the molecule is COC(C)C(=O)NC(C)c1sc(C)nc1C. The predicted molar refractivity (Wildman–Crippen MR) is 64.6 cm³/mol. The van der Waals surface area contributed by atoms with Crippen LogP contribution in [0.4, 0.5) is 0 Å². The van der Waals surface area contributed by atoms with E-state index in [1.165, 1.54) is 7.11 Å². The molecular formula is C11H18N2O2S. The van der Waals surface area contributed by atoms with Crippen molar-refractivity contribution in [3.8, 4) is 0 Å². The number of nitrogens with one attached hydrogen (secondary N) is 1. The Morgan fingerprint density at radius 1 is 1.44 bits per heavy atom. The van der Waals surface area contributed by atoms with Crippen molar-refractivity contribution in [1.82, 2.24) is 10.3 Å². The molecule has 0 saturated heterocycles. The number of carbonyl (C=O) groups excluding carboxylic acids is 1. The van der Waals surface area contributed by atoms with Crippen molar-refractivity contribution >= 4 is 17.2 Å². The summed E-state index contributed by atoms with van der Waals surface area (Å²) >= 11 is 1.62. The molecule has 0 aliphatic carbocycles. The van der Waals surface area contributed by atoms with E-state index in [0.717, 1.165) is 15.6 Å². The highest BCUT2D eigenvalue weighted by molar-refractivity contribution is 7.11. The van der Waals surface area contributed by atoms with E-state index in [2.05, 4.69) is 10.3 Å². The molecule has 0 aromatic carbocycles. The van der Waals surface area contributed by atoms with Crippen LogP contribution in [0.1, 0.15) is 35.5 Å². The maximum absolute atomic E-state index is 11.6. The maximum atomic E-state index is 11.6. The first-order valence-electron chi connectivity index (χ1n) is 5.22. The van der Waals surface area contributed by atoms with Gasteiger partial charge in [0.2, 0.25) is 5.91 Å². The molecule has 1 heterocycles. The minimum absolute atomic E-state index is 0.0173. The lowest BCUT2D eigenvalue weighted by Crippen LogP contribution is -2.35. The third-order valence-corrected chi connectivity index (χ3v) is 3.67.